The van der Waals surface area contributed by atoms with Gasteiger partial charge in [-0.1, -0.05) is 18.2 Å². The first kappa shape index (κ1) is 15.0. The molecule has 1 aliphatic heterocycles. The predicted molar refractivity (Wildman–Crippen MR) is 89.1 cm³/mol. The molecule has 0 unspecified atom stereocenters. The number of halogens is 1. The number of amides is 1. The summed E-state index contributed by atoms with van der Waals surface area (Å²) in [6.45, 7) is 1.30. The fourth-order valence-electron chi connectivity index (χ4n) is 2.81. The lowest BCUT2D eigenvalue weighted by molar-refractivity contribution is -0.161. The number of carbonyl (C=O) groups is 1. The third kappa shape index (κ3) is 3.00. The Labute approximate surface area is 138 Å². The summed E-state index contributed by atoms with van der Waals surface area (Å²) in [6, 6.07) is 7.89. The van der Waals surface area contributed by atoms with E-state index in [1.165, 1.54) is 0 Å². The van der Waals surface area contributed by atoms with E-state index in [9.17, 15) is 4.79 Å². The van der Waals surface area contributed by atoms with Crippen molar-refractivity contribution in [1.82, 2.24) is 0 Å². The smallest absolute Gasteiger partial charge is 0.253 e. The van der Waals surface area contributed by atoms with Crippen molar-refractivity contribution in [2.45, 2.75) is 25.0 Å². The van der Waals surface area contributed by atoms with Gasteiger partial charge in [0.1, 0.15) is 0 Å². The Kier molecular flexibility index (Phi) is 4.33. The Morgan fingerprint density at radius 2 is 2.00 bits per heavy atom. The number of nitrogens with zero attached hydrogens (tertiary/aromatic N) is 1. The first-order valence-electron chi connectivity index (χ1n) is 7.11. The molecule has 1 spiro atoms. The van der Waals surface area contributed by atoms with E-state index < -0.39 is 5.79 Å². The van der Waals surface area contributed by atoms with Crippen molar-refractivity contribution < 1.29 is 14.3 Å². The molecule has 1 saturated heterocycles. The third-order valence-corrected chi connectivity index (χ3v) is 4.95. The summed E-state index contributed by atoms with van der Waals surface area (Å²) < 4.78 is 12.4. The molecule has 112 valence electrons. The van der Waals surface area contributed by atoms with Crippen molar-refractivity contribution >= 4 is 34.2 Å². The Balaban J connectivity index is 1.74. The van der Waals surface area contributed by atoms with Crippen LogP contribution in [0.2, 0.25) is 0 Å². The average molecular weight is 399 g/mol. The molecule has 0 radical (unpaired) electrons. The van der Waals surface area contributed by atoms with Gasteiger partial charge < -0.3 is 14.4 Å². The topological polar surface area (TPSA) is 38.8 Å². The highest BCUT2D eigenvalue weighted by molar-refractivity contribution is 14.1. The highest BCUT2D eigenvalue weighted by atomic mass is 127. The molecular formula is C16H18INO3. The standard InChI is InChI=1S/C16H18INO3/c1-18(14-5-3-2-4-13(14)17)15(19)12-6-8-16(9-7-12)20-10-11-21-16/h2-6H,7-11H2,1H3. The summed E-state index contributed by atoms with van der Waals surface area (Å²) >= 11 is 2.25. The molecule has 1 aromatic rings. The van der Waals surface area contributed by atoms with Crippen LogP contribution in [-0.2, 0) is 14.3 Å². The lowest BCUT2D eigenvalue weighted by Gasteiger charge is -2.31. The maximum atomic E-state index is 12.6. The Hall–Kier alpha value is -0.920. The van der Waals surface area contributed by atoms with Gasteiger partial charge in [-0.2, -0.15) is 0 Å². The molecule has 4 nitrogen and oxygen atoms in total. The van der Waals surface area contributed by atoms with E-state index in [0.29, 0.717) is 26.1 Å². The normalized spacial score (nSPS) is 20.4. The molecule has 0 saturated carbocycles. The molecule has 0 aromatic heterocycles. The number of ether oxygens (including phenoxy) is 2. The van der Waals surface area contributed by atoms with Crippen LogP contribution in [0.5, 0.6) is 0 Å². The Morgan fingerprint density at radius 3 is 2.62 bits per heavy atom. The average Bonchev–Trinajstić information content (AvgIpc) is 2.95. The summed E-state index contributed by atoms with van der Waals surface area (Å²) in [5.74, 6) is -0.407. The van der Waals surface area contributed by atoms with Crippen LogP contribution in [0.3, 0.4) is 0 Å². The van der Waals surface area contributed by atoms with Gasteiger partial charge in [0.25, 0.3) is 5.91 Å². The largest absolute Gasteiger partial charge is 0.347 e. The minimum absolute atomic E-state index is 0.0620. The number of hydrogen-bond acceptors (Lipinski definition) is 3. The fraction of sp³-hybridized carbons (Fsp3) is 0.438. The number of carbonyl (C=O) groups excluding carboxylic acids is 1. The summed E-state index contributed by atoms with van der Waals surface area (Å²) in [7, 11) is 1.83. The van der Waals surface area contributed by atoms with E-state index in [2.05, 4.69) is 22.6 Å². The van der Waals surface area contributed by atoms with Crippen LogP contribution in [0.25, 0.3) is 0 Å². The molecule has 1 fully saturated rings. The van der Waals surface area contributed by atoms with Crippen LogP contribution in [0.1, 0.15) is 19.3 Å². The van der Waals surface area contributed by atoms with Gasteiger partial charge >= 0.3 is 0 Å². The van der Waals surface area contributed by atoms with Gasteiger partial charge in [0.05, 0.1) is 18.9 Å². The molecule has 0 N–H and O–H groups in total. The molecule has 5 heteroatoms. The molecular weight excluding hydrogens is 381 g/mol. The van der Waals surface area contributed by atoms with Gasteiger partial charge in [0.15, 0.2) is 5.79 Å². The van der Waals surface area contributed by atoms with Gasteiger partial charge in [-0.15, -0.1) is 0 Å². The van der Waals surface area contributed by atoms with E-state index in [1.54, 1.807) is 4.90 Å². The number of rotatable bonds is 2. The molecule has 1 amide bonds. The van der Waals surface area contributed by atoms with Crippen LogP contribution >= 0.6 is 22.6 Å². The van der Waals surface area contributed by atoms with E-state index in [-0.39, 0.29) is 5.91 Å². The Bertz CT molecular complexity index is 579. The van der Waals surface area contributed by atoms with Gasteiger partial charge in [0.2, 0.25) is 0 Å². The van der Waals surface area contributed by atoms with Crippen molar-refractivity contribution in [2.75, 3.05) is 25.2 Å². The number of para-hydroxylation sites is 1. The van der Waals surface area contributed by atoms with E-state index in [4.69, 9.17) is 9.47 Å². The minimum Gasteiger partial charge on any atom is -0.347 e. The molecule has 3 rings (SSSR count). The number of hydrogen-bond donors (Lipinski definition) is 0. The number of benzene rings is 1. The van der Waals surface area contributed by atoms with Crippen molar-refractivity contribution in [3.8, 4) is 0 Å². The second kappa shape index (κ2) is 6.06. The molecule has 1 aromatic carbocycles. The first-order chi connectivity index (χ1) is 10.1. The van der Waals surface area contributed by atoms with Gasteiger partial charge in [-0.3, -0.25) is 4.79 Å². The van der Waals surface area contributed by atoms with Crippen molar-refractivity contribution in [3.05, 3.63) is 39.5 Å². The van der Waals surface area contributed by atoms with E-state index in [0.717, 1.165) is 21.3 Å². The maximum absolute atomic E-state index is 12.6. The quantitative estimate of drug-likeness (QED) is 0.718. The van der Waals surface area contributed by atoms with Gasteiger partial charge in [-0.25, -0.2) is 0 Å². The molecule has 21 heavy (non-hydrogen) atoms. The van der Waals surface area contributed by atoms with Crippen LogP contribution in [-0.4, -0.2) is 32.0 Å². The van der Waals surface area contributed by atoms with Crippen LogP contribution < -0.4 is 4.90 Å². The van der Waals surface area contributed by atoms with E-state index >= 15 is 0 Å². The third-order valence-electron chi connectivity index (χ3n) is 4.04. The number of anilines is 1. The summed E-state index contributed by atoms with van der Waals surface area (Å²) in [6.07, 6.45) is 4.09. The van der Waals surface area contributed by atoms with Crippen molar-refractivity contribution in [1.29, 1.82) is 0 Å². The van der Waals surface area contributed by atoms with E-state index in [1.807, 2.05) is 37.4 Å². The number of likely N-dealkylation sites (N-methyl/N-ethyl adjacent to an activating group) is 1. The van der Waals surface area contributed by atoms with Crippen LogP contribution in [0.4, 0.5) is 5.69 Å². The summed E-state index contributed by atoms with van der Waals surface area (Å²) in [4.78, 5) is 14.4. The van der Waals surface area contributed by atoms with Gasteiger partial charge in [0, 0.05) is 29.0 Å². The highest BCUT2D eigenvalue weighted by Crippen LogP contribution is 2.36. The highest BCUT2D eigenvalue weighted by Gasteiger charge is 2.38. The van der Waals surface area contributed by atoms with Gasteiger partial charge in [-0.05, 0) is 41.1 Å². The fourth-order valence-corrected chi connectivity index (χ4v) is 3.56. The van der Waals surface area contributed by atoms with Crippen molar-refractivity contribution in [3.63, 3.8) is 0 Å². The predicted octanol–water partition coefficient (Wildman–Crippen LogP) is 3.11. The molecule has 0 bridgehead atoms. The molecule has 1 heterocycles. The second-order valence-electron chi connectivity index (χ2n) is 5.36. The zero-order valence-electron chi connectivity index (χ0n) is 12.0. The second-order valence-corrected chi connectivity index (χ2v) is 6.52. The monoisotopic (exact) mass is 399 g/mol. The van der Waals surface area contributed by atoms with Crippen LogP contribution in [0.15, 0.2) is 35.9 Å². The Morgan fingerprint density at radius 1 is 1.29 bits per heavy atom. The molecule has 0 atom stereocenters. The maximum Gasteiger partial charge on any atom is 0.253 e. The lowest BCUT2D eigenvalue weighted by Crippen LogP contribution is -2.35. The summed E-state index contributed by atoms with van der Waals surface area (Å²) in [5, 5.41) is 0. The summed E-state index contributed by atoms with van der Waals surface area (Å²) in [5.41, 5.74) is 1.79. The zero-order valence-corrected chi connectivity index (χ0v) is 14.1. The zero-order chi connectivity index (χ0) is 14.9. The first-order valence-corrected chi connectivity index (χ1v) is 8.19. The van der Waals surface area contributed by atoms with Crippen molar-refractivity contribution in [2.24, 2.45) is 0 Å². The minimum atomic E-state index is -0.469. The van der Waals surface area contributed by atoms with Crippen LogP contribution in [0, 0.1) is 3.57 Å². The molecule has 2 aliphatic rings. The lowest BCUT2D eigenvalue weighted by atomic mass is 9.93. The molecule has 1 aliphatic carbocycles. The SMILES string of the molecule is CN(C(=O)C1=CCC2(CC1)OCCO2)c1ccccc1I.